The minimum absolute atomic E-state index is 0.118. The number of carbonyl (C=O) groups is 1. The number of methoxy groups -OCH3 is 1. The predicted molar refractivity (Wildman–Crippen MR) is 56.7 cm³/mol. The van der Waals surface area contributed by atoms with Gasteiger partial charge >= 0.3 is 0 Å². The van der Waals surface area contributed by atoms with Crippen molar-refractivity contribution in [3.05, 3.63) is 0 Å². The van der Waals surface area contributed by atoms with Crippen LogP contribution in [0.3, 0.4) is 0 Å². The van der Waals surface area contributed by atoms with Crippen molar-refractivity contribution in [1.29, 1.82) is 0 Å². The zero-order chi connectivity index (χ0) is 10.9. The number of hydrogen-bond donors (Lipinski definition) is 0. The summed E-state index contributed by atoms with van der Waals surface area (Å²) in [4.78, 5) is 10.7. The van der Waals surface area contributed by atoms with Crippen molar-refractivity contribution in [2.45, 2.75) is 38.7 Å². The first-order valence-electron chi connectivity index (χ1n) is 5.73. The average Bonchev–Trinajstić information content (AvgIpc) is 2.04. The molecule has 3 heteroatoms. The normalized spacial score (nSPS) is 38.5. The summed E-state index contributed by atoms with van der Waals surface area (Å²) in [6.07, 6.45) is 5.50. The molecule has 2 aliphatic rings. The van der Waals surface area contributed by atoms with Crippen LogP contribution in [0.1, 0.15) is 32.6 Å². The molecule has 0 heterocycles. The molecular weight excluding hydrogens is 192 g/mol. The number of rotatable bonds is 5. The first-order chi connectivity index (χ1) is 7.13. The Morgan fingerprint density at radius 3 is 2.53 bits per heavy atom. The van der Waals surface area contributed by atoms with Crippen molar-refractivity contribution in [1.82, 2.24) is 0 Å². The van der Waals surface area contributed by atoms with Gasteiger partial charge in [0.2, 0.25) is 0 Å². The third-order valence-corrected chi connectivity index (χ3v) is 3.76. The van der Waals surface area contributed by atoms with E-state index in [1.807, 2.05) is 0 Å². The smallest absolute Gasteiger partial charge is 0.155 e. The van der Waals surface area contributed by atoms with Gasteiger partial charge in [0.05, 0.1) is 12.7 Å². The van der Waals surface area contributed by atoms with Crippen LogP contribution in [0.15, 0.2) is 0 Å². The van der Waals surface area contributed by atoms with Gasteiger partial charge in [-0.15, -0.1) is 0 Å². The Hall–Kier alpha value is -0.410. The SMILES string of the molecule is COC1CC2(CC(COCC(C)=O)C2)C1. The van der Waals surface area contributed by atoms with Crippen molar-refractivity contribution in [2.75, 3.05) is 20.3 Å². The fraction of sp³-hybridized carbons (Fsp3) is 0.917. The van der Waals surface area contributed by atoms with Crippen LogP contribution in [0, 0.1) is 11.3 Å². The maximum Gasteiger partial charge on any atom is 0.155 e. The molecule has 0 N–H and O–H groups in total. The highest BCUT2D eigenvalue weighted by Gasteiger charge is 2.52. The molecule has 2 rings (SSSR count). The zero-order valence-electron chi connectivity index (χ0n) is 9.62. The van der Waals surface area contributed by atoms with E-state index in [9.17, 15) is 4.79 Å². The van der Waals surface area contributed by atoms with Crippen LogP contribution in [0.5, 0.6) is 0 Å². The Kier molecular flexibility index (Phi) is 3.12. The van der Waals surface area contributed by atoms with Crippen LogP contribution in [0.4, 0.5) is 0 Å². The first-order valence-corrected chi connectivity index (χ1v) is 5.73. The highest BCUT2D eigenvalue weighted by Crippen LogP contribution is 2.59. The van der Waals surface area contributed by atoms with Crippen molar-refractivity contribution < 1.29 is 14.3 Å². The van der Waals surface area contributed by atoms with Gasteiger partial charge in [-0.3, -0.25) is 4.79 Å². The second-order valence-electron chi connectivity index (χ2n) is 5.26. The summed E-state index contributed by atoms with van der Waals surface area (Å²) in [5, 5.41) is 0. The van der Waals surface area contributed by atoms with Crippen molar-refractivity contribution >= 4 is 5.78 Å². The average molecular weight is 212 g/mol. The highest BCUT2D eigenvalue weighted by atomic mass is 16.5. The fourth-order valence-electron chi connectivity index (χ4n) is 3.06. The molecular formula is C12H20O3. The third kappa shape index (κ3) is 2.40. The van der Waals surface area contributed by atoms with E-state index in [1.165, 1.54) is 25.7 Å². The molecule has 3 nitrogen and oxygen atoms in total. The van der Waals surface area contributed by atoms with Gasteiger partial charge in [-0.1, -0.05) is 0 Å². The molecule has 0 aliphatic heterocycles. The van der Waals surface area contributed by atoms with Gasteiger partial charge in [0.15, 0.2) is 5.78 Å². The summed E-state index contributed by atoms with van der Waals surface area (Å²) in [7, 11) is 1.80. The van der Waals surface area contributed by atoms with Crippen LogP contribution in [-0.2, 0) is 14.3 Å². The molecule has 86 valence electrons. The van der Waals surface area contributed by atoms with Gasteiger partial charge in [-0.2, -0.15) is 0 Å². The molecule has 0 radical (unpaired) electrons. The molecule has 0 unspecified atom stereocenters. The highest BCUT2D eigenvalue weighted by molar-refractivity contribution is 5.76. The third-order valence-electron chi connectivity index (χ3n) is 3.76. The topological polar surface area (TPSA) is 35.5 Å². The molecule has 2 aliphatic carbocycles. The van der Waals surface area contributed by atoms with E-state index in [-0.39, 0.29) is 12.4 Å². The summed E-state index contributed by atoms with van der Waals surface area (Å²) < 4.78 is 10.6. The maximum atomic E-state index is 10.7. The molecule has 0 aromatic heterocycles. The monoisotopic (exact) mass is 212 g/mol. The van der Waals surface area contributed by atoms with Crippen molar-refractivity contribution in [2.24, 2.45) is 11.3 Å². The summed E-state index contributed by atoms with van der Waals surface area (Å²) >= 11 is 0. The molecule has 0 saturated heterocycles. The van der Waals surface area contributed by atoms with E-state index in [4.69, 9.17) is 9.47 Å². The Balaban J connectivity index is 1.57. The fourth-order valence-corrected chi connectivity index (χ4v) is 3.06. The Morgan fingerprint density at radius 1 is 1.33 bits per heavy atom. The molecule has 2 saturated carbocycles. The molecule has 0 aromatic rings. The second kappa shape index (κ2) is 4.22. The Morgan fingerprint density at radius 2 is 2.00 bits per heavy atom. The first kappa shape index (κ1) is 11.1. The number of ether oxygens (including phenoxy) is 2. The predicted octanol–water partition coefficient (Wildman–Crippen LogP) is 1.80. The van der Waals surface area contributed by atoms with E-state index >= 15 is 0 Å². The number of hydrogen-bond acceptors (Lipinski definition) is 3. The van der Waals surface area contributed by atoms with E-state index in [0.29, 0.717) is 17.4 Å². The van der Waals surface area contributed by atoms with Crippen LogP contribution in [0.2, 0.25) is 0 Å². The van der Waals surface area contributed by atoms with Gasteiger partial charge in [0.1, 0.15) is 6.61 Å². The molecule has 2 fully saturated rings. The Labute approximate surface area is 91.1 Å². The van der Waals surface area contributed by atoms with Crippen LogP contribution >= 0.6 is 0 Å². The molecule has 0 amide bonds. The standard InChI is InChI=1S/C12H20O3/c1-9(13)7-15-8-10-3-12(4-10)5-11(6-12)14-2/h10-11H,3-8H2,1-2H3. The zero-order valence-corrected chi connectivity index (χ0v) is 9.62. The van der Waals surface area contributed by atoms with Gasteiger partial charge in [0.25, 0.3) is 0 Å². The van der Waals surface area contributed by atoms with Crippen LogP contribution < -0.4 is 0 Å². The molecule has 15 heavy (non-hydrogen) atoms. The molecule has 0 bridgehead atoms. The summed E-state index contributed by atoms with van der Waals surface area (Å²) in [5.74, 6) is 0.800. The van der Waals surface area contributed by atoms with Crippen molar-refractivity contribution in [3.8, 4) is 0 Å². The lowest BCUT2D eigenvalue weighted by molar-refractivity contribution is -0.141. The van der Waals surface area contributed by atoms with E-state index in [2.05, 4.69) is 0 Å². The number of Topliss-reactive ketones (excluding diaryl/α,β-unsaturated/α-hetero) is 1. The quantitative estimate of drug-likeness (QED) is 0.697. The maximum absolute atomic E-state index is 10.7. The lowest BCUT2D eigenvalue weighted by Crippen LogP contribution is -2.51. The van der Waals surface area contributed by atoms with Gasteiger partial charge in [-0.05, 0) is 43.9 Å². The van der Waals surface area contributed by atoms with Crippen molar-refractivity contribution in [3.63, 3.8) is 0 Å². The van der Waals surface area contributed by atoms with Crippen LogP contribution in [-0.4, -0.2) is 32.2 Å². The second-order valence-corrected chi connectivity index (χ2v) is 5.26. The molecule has 1 spiro atoms. The Bertz CT molecular complexity index is 235. The molecule has 0 atom stereocenters. The lowest BCUT2D eigenvalue weighted by atomic mass is 9.51. The summed E-state index contributed by atoms with van der Waals surface area (Å²) in [6, 6.07) is 0. The van der Waals surface area contributed by atoms with E-state index in [0.717, 1.165) is 6.61 Å². The minimum Gasteiger partial charge on any atom is -0.381 e. The van der Waals surface area contributed by atoms with Crippen LogP contribution in [0.25, 0.3) is 0 Å². The lowest BCUT2D eigenvalue weighted by Gasteiger charge is -2.57. The largest absolute Gasteiger partial charge is 0.381 e. The van der Waals surface area contributed by atoms with E-state index in [1.54, 1.807) is 14.0 Å². The van der Waals surface area contributed by atoms with E-state index < -0.39 is 0 Å². The van der Waals surface area contributed by atoms with Gasteiger partial charge < -0.3 is 9.47 Å². The minimum atomic E-state index is 0.118. The summed E-state index contributed by atoms with van der Waals surface area (Å²) in [6.45, 7) is 2.61. The number of carbonyl (C=O) groups excluding carboxylic acids is 1. The number of ketones is 1. The van der Waals surface area contributed by atoms with Gasteiger partial charge in [0, 0.05) is 7.11 Å². The summed E-state index contributed by atoms with van der Waals surface area (Å²) in [5.41, 5.74) is 0.588. The van der Waals surface area contributed by atoms with Gasteiger partial charge in [-0.25, -0.2) is 0 Å². The molecule has 0 aromatic carbocycles.